The van der Waals surface area contributed by atoms with Gasteiger partial charge in [-0.15, -0.1) is 5.10 Å². The lowest BCUT2D eigenvalue weighted by molar-refractivity contribution is -0.128. The van der Waals surface area contributed by atoms with Crippen molar-refractivity contribution in [2.45, 2.75) is 6.42 Å². The Kier molecular flexibility index (Phi) is 2.79. The molecule has 0 atom stereocenters. The Morgan fingerprint density at radius 3 is 2.62 bits per heavy atom. The van der Waals surface area contributed by atoms with Crippen LogP contribution in [0.4, 0.5) is 5.82 Å². The molecule has 0 saturated carbocycles. The number of hydrogen-bond donors (Lipinski definition) is 1. The van der Waals surface area contributed by atoms with Gasteiger partial charge in [-0.25, -0.2) is 0 Å². The minimum absolute atomic E-state index is 0.000860. The van der Waals surface area contributed by atoms with Crippen LogP contribution in [0, 0.1) is 0 Å². The number of carbonyl (C=O) groups excluding carboxylic acids is 1. The van der Waals surface area contributed by atoms with Crippen LogP contribution in [0.3, 0.4) is 0 Å². The molecule has 70 valence electrons. The van der Waals surface area contributed by atoms with E-state index in [2.05, 4.69) is 10.2 Å². The summed E-state index contributed by atoms with van der Waals surface area (Å²) < 4.78 is 0. The topological polar surface area (TPSA) is 72.1 Å². The number of aromatic nitrogens is 2. The number of carbonyl (C=O) groups is 1. The monoisotopic (exact) mass is 180 g/mol. The first-order chi connectivity index (χ1) is 6.09. The maximum Gasteiger partial charge on any atom is 0.228 e. The lowest BCUT2D eigenvalue weighted by Crippen LogP contribution is -2.24. The molecule has 0 fully saturated rings. The van der Waals surface area contributed by atoms with Crippen LogP contribution in [0.15, 0.2) is 12.1 Å². The fraction of sp³-hybridized carbons (Fsp3) is 0.375. The molecule has 0 saturated heterocycles. The number of nitrogen functional groups attached to an aromatic ring is 1. The molecule has 0 radical (unpaired) electrons. The molecule has 1 aromatic heterocycles. The quantitative estimate of drug-likeness (QED) is 0.677. The molecule has 0 spiro atoms. The third-order valence-electron chi connectivity index (χ3n) is 1.57. The molecule has 0 aromatic carbocycles. The second-order valence-corrected chi connectivity index (χ2v) is 2.91. The fourth-order valence-corrected chi connectivity index (χ4v) is 0.778. The van der Waals surface area contributed by atoms with Gasteiger partial charge >= 0.3 is 0 Å². The largest absolute Gasteiger partial charge is 0.382 e. The molecule has 0 aliphatic carbocycles. The van der Waals surface area contributed by atoms with Crippen molar-refractivity contribution in [1.29, 1.82) is 0 Å². The van der Waals surface area contributed by atoms with Gasteiger partial charge in [0.05, 0.1) is 12.1 Å². The van der Waals surface area contributed by atoms with Crippen LogP contribution in [-0.2, 0) is 11.2 Å². The maximum atomic E-state index is 11.2. The summed E-state index contributed by atoms with van der Waals surface area (Å²) in [5.74, 6) is 0.361. The van der Waals surface area contributed by atoms with E-state index in [0.717, 1.165) is 0 Å². The van der Waals surface area contributed by atoms with Crippen LogP contribution < -0.4 is 5.73 Å². The highest BCUT2D eigenvalue weighted by Gasteiger charge is 2.06. The number of hydrogen-bond acceptors (Lipinski definition) is 4. The number of rotatable bonds is 2. The van der Waals surface area contributed by atoms with E-state index in [-0.39, 0.29) is 12.3 Å². The molecule has 1 aromatic rings. The first-order valence-electron chi connectivity index (χ1n) is 3.88. The Hall–Kier alpha value is -1.65. The third kappa shape index (κ3) is 2.70. The highest BCUT2D eigenvalue weighted by atomic mass is 16.2. The van der Waals surface area contributed by atoms with Crippen LogP contribution >= 0.6 is 0 Å². The van der Waals surface area contributed by atoms with E-state index >= 15 is 0 Å². The Bertz CT molecular complexity index is 294. The minimum Gasteiger partial charge on any atom is -0.382 e. The van der Waals surface area contributed by atoms with Gasteiger partial charge in [0, 0.05) is 14.1 Å². The van der Waals surface area contributed by atoms with Crippen LogP contribution in [0.25, 0.3) is 0 Å². The lowest BCUT2D eigenvalue weighted by atomic mass is 10.2. The number of nitrogens with two attached hydrogens (primary N) is 1. The summed E-state index contributed by atoms with van der Waals surface area (Å²) in [6.45, 7) is 0. The highest BCUT2D eigenvalue weighted by Crippen LogP contribution is 1.99. The molecule has 5 nitrogen and oxygen atoms in total. The molecular formula is C8H12N4O. The van der Waals surface area contributed by atoms with Gasteiger partial charge in [0.2, 0.25) is 5.91 Å². The average molecular weight is 180 g/mol. The summed E-state index contributed by atoms with van der Waals surface area (Å²) in [5.41, 5.74) is 5.98. The Balaban J connectivity index is 2.65. The normalized spacial score (nSPS) is 9.69. The van der Waals surface area contributed by atoms with Crippen molar-refractivity contribution in [1.82, 2.24) is 15.1 Å². The van der Waals surface area contributed by atoms with E-state index in [1.807, 2.05) is 0 Å². The predicted octanol–water partition coefficient (Wildman–Crippen LogP) is -0.311. The number of anilines is 1. The Morgan fingerprint density at radius 2 is 2.15 bits per heavy atom. The molecule has 0 bridgehead atoms. The first-order valence-corrected chi connectivity index (χ1v) is 3.88. The van der Waals surface area contributed by atoms with Crippen LogP contribution in [0.2, 0.25) is 0 Å². The Labute approximate surface area is 76.6 Å². The van der Waals surface area contributed by atoms with Crippen molar-refractivity contribution in [3.05, 3.63) is 17.8 Å². The van der Waals surface area contributed by atoms with Gasteiger partial charge in [-0.05, 0) is 12.1 Å². The number of nitrogens with zero attached hydrogens (tertiary/aromatic N) is 3. The molecule has 2 N–H and O–H groups in total. The van der Waals surface area contributed by atoms with Crippen molar-refractivity contribution in [3.8, 4) is 0 Å². The average Bonchev–Trinajstić information content (AvgIpc) is 2.08. The standard InChI is InChI=1S/C8H12N4O/c1-12(2)8(13)5-6-3-4-7(9)11-10-6/h3-4H,5H2,1-2H3,(H2,9,11). The molecule has 1 rings (SSSR count). The maximum absolute atomic E-state index is 11.2. The smallest absolute Gasteiger partial charge is 0.228 e. The zero-order valence-corrected chi connectivity index (χ0v) is 7.69. The molecule has 13 heavy (non-hydrogen) atoms. The summed E-state index contributed by atoms with van der Waals surface area (Å²) in [6.07, 6.45) is 0.264. The summed E-state index contributed by atoms with van der Waals surface area (Å²) >= 11 is 0. The fourth-order valence-electron chi connectivity index (χ4n) is 0.778. The van der Waals surface area contributed by atoms with Crippen molar-refractivity contribution in [2.24, 2.45) is 0 Å². The van der Waals surface area contributed by atoms with Gasteiger partial charge in [-0.2, -0.15) is 5.10 Å². The SMILES string of the molecule is CN(C)C(=O)Cc1ccc(N)nn1. The van der Waals surface area contributed by atoms with Crippen molar-refractivity contribution in [2.75, 3.05) is 19.8 Å². The summed E-state index contributed by atoms with van der Waals surface area (Å²) in [6, 6.07) is 3.33. The summed E-state index contributed by atoms with van der Waals surface area (Å²) in [5, 5.41) is 7.43. The molecule has 0 aliphatic heterocycles. The number of amides is 1. The van der Waals surface area contributed by atoms with Crippen LogP contribution in [-0.4, -0.2) is 35.1 Å². The summed E-state index contributed by atoms with van der Waals surface area (Å²) in [7, 11) is 3.40. The van der Waals surface area contributed by atoms with Gasteiger partial charge in [-0.3, -0.25) is 4.79 Å². The van der Waals surface area contributed by atoms with Crippen molar-refractivity contribution >= 4 is 11.7 Å². The third-order valence-corrected chi connectivity index (χ3v) is 1.57. The minimum atomic E-state index is -0.000860. The second kappa shape index (κ2) is 3.84. The van der Waals surface area contributed by atoms with Crippen LogP contribution in [0.5, 0.6) is 0 Å². The zero-order chi connectivity index (χ0) is 9.84. The van der Waals surface area contributed by atoms with Crippen molar-refractivity contribution < 1.29 is 4.79 Å². The lowest BCUT2D eigenvalue weighted by Gasteiger charge is -2.08. The molecule has 1 amide bonds. The molecule has 0 aliphatic rings. The summed E-state index contributed by atoms with van der Waals surface area (Å²) in [4.78, 5) is 12.7. The van der Waals surface area contributed by atoms with Gasteiger partial charge in [-0.1, -0.05) is 0 Å². The Morgan fingerprint density at radius 1 is 1.46 bits per heavy atom. The predicted molar refractivity (Wildman–Crippen MR) is 48.8 cm³/mol. The molecule has 0 unspecified atom stereocenters. The van der Waals surface area contributed by atoms with E-state index in [1.54, 1.807) is 26.2 Å². The van der Waals surface area contributed by atoms with Gasteiger partial charge in [0.1, 0.15) is 5.82 Å². The zero-order valence-electron chi connectivity index (χ0n) is 7.69. The van der Waals surface area contributed by atoms with E-state index in [9.17, 15) is 4.79 Å². The van der Waals surface area contributed by atoms with Crippen molar-refractivity contribution in [3.63, 3.8) is 0 Å². The van der Waals surface area contributed by atoms with Gasteiger partial charge < -0.3 is 10.6 Å². The van der Waals surface area contributed by atoms with E-state index < -0.39 is 0 Å². The molecular weight excluding hydrogens is 168 g/mol. The highest BCUT2D eigenvalue weighted by molar-refractivity contribution is 5.77. The van der Waals surface area contributed by atoms with E-state index in [1.165, 1.54) is 4.90 Å². The first kappa shape index (κ1) is 9.44. The number of likely N-dealkylation sites (N-methyl/N-ethyl adjacent to an activating group) is 1. The van der Waals surface area contributed by atoms with Gasteiger partial charge in [0.25, 0.3) is 0 Å². The molecule has 1 heterocycles. The second-order valence-electron chi connectivity index (χ2n) is 2.91. The van der Waals surface area contributed by atoms with E-state index in [4.69, 9.17) is 5.73 Å². The van der Waals surface area contributed by atoms with Crippen LogP contribution in [0.1, 0.15) is 5.69 Å². The van der Waals surface area contributed by atoms with E-state index in [0.29, 0.717) is 11.5 Å². The van der Waals surface area contributed by atoms with Gasteiger partial charge in [0.15, 0.2) is 0 Å². The molecule has 5 heteroatoms.